The molecule has 7 heteroatoms. The molecule has 1 aromatic heterocycles. The van der Waals surface area contributed by atoms with Crippen molar-refractivity contribution in [2.45, 2.75) is 13.0 Å². The molecule has 0 aliphatic heterocycles. The molecule has 2 aromatic carbocycles. The monoisotopic (exact) mass is 338 g/mol. The third kappa shape index (κ3) is 3.95. The Balaban J connectivity index is 1.69. The molecule has 3 aromatic rings. The highest BCUT2D eigenvalue weighted by Gasteiger charge is 2.17. The molecular formula is C18H18N4O3. The molecule has 0 aliphatic carbocycles. The van der Waals surface area contributed by atoms with Gasteiger partial charge in [0.25, 0.3) is 5.91 Å². The van der Waals surface area contributed by atoms with Gasteiger partial charge in [0.1, 0.15) is 24.2 Å². The van der Waals surface area contributed by atoms with E-state index < -0.39 is 6.10 Å². The number of methoxy groups -OCH3 is 1. The van der Waals surface area contributed by atoms with Crippen LogP contribution in [0.2, 0.25) is 0 Å². The first-order valence-corrected chi connectivity index (χ1v) is 7.73. The second-order valence-electron chi connectivity index (χ2n) is 5.28. The van der Waals surface area contributed by atoms with Crippen LogP contribution >= 0.6 is 0 Å². The van der Waals surface area contributed by atoms with Crippen molar-refractivity contribution < 1.29 is 14.3 Å². The van der Waals surface area contributed by atoms with Crippen molar-refractivity contribution in [1.82, 2.24) is 14.8 Å². The van der Waals surface area contributed by atoms with Gasteiger partial charge in [-0.1, -0.05) is 12.1 Å². The summed E-state index contributed by atoms with van der Waals surface area (Å²) in [6.45, 7) is 1.69. The summed E-state index contributed by atoms with van der Waals surface area (Å²) in [5.41, 5.74) is 1.35. The van der Waals surface area contributed by atoms with Crippen LogP contribution in [-0.2, 0) is 4.79 Å². The number of nitrogens with one attached hydrogen (secondary N) is 1. The van der Waals surface area contributed by atoms with Gasteiger partial charge in [0.05, 0.1) is 18.5 Å². The van der Waals surface area contributed by atoms with E-state index in [9.17, 15) is 4.79 Å². The molecule has 0 saturated carbocycles. The summed E-state index contributed by atoms with van der Waals surface area (Å²) in [6.07, 6.45) is 2.34. The van der Waals surface area contributed by atoms with Gasteiger partial charge < -0.3 is 14.8 Å². The Morgan fingerprint density at radius 1 is 1.12 bits per heavy atom. The number of amides is 1. The van der Waals surface area contributed by atoms with Crippen LogP contribution in [0.4, 0.5) is 5.69 Å². The van der Waals surface area contributed by atoms with Crippen molar-refractivity contribution in [2.24, 2.45) is 0 Å². The minimum atomic E-state index is -0.669. The third-order valence-corrected chi connectivity index (χ3v) is 3.57. The minimum absolute atomic E-state index is 0.261. The second kappa shape index (κ2) is 7.48. The molecule has 1 atom stereocenters. The van der Waals surface area contributed by atoms with Gasteiger partial charge >= 0.3 is 0 Å². The highest BCUT2D eigenvalue weighted by Crippen LogP contribution is 2.21. The molecule has 1 heterocycles. The summed E-state index contributed by atoms with van der Waals surface area (Å²) in [5.74, 6) is 1.06. The van der Waals surface area contributed by atoms with Crippen LogP contribution in [-0.4, -0.2) is 33.9 Å². The number of para-hydroxylation sites is 2. The Kier molecular flexibility index (Phi) is 4.94. The van der Waals surface area contributed by atoms with E-state index in [0.717, 1.165) is 11.4 Å². The van der Waals surface area contributed by atoms with E-state index in [4.69, 9.17) is 9.47 Å². The largest absolute Gasteiger partial charge is 0.497 e. The topological polar surface area (TPSA) is 78.3 Å². The normalized spacial score (nSPS) is 11.6. The van der Waals surface area contributed by atoms with Gasteiger partial charge in [0.15, 0.2) is 6.10 Å². The van der Waals surface area contributed by atoms with Crippen LogP contribution in [0.15, 0.2) is 61.2 Å². The zero-order chi connectivity index (χ0) is 17.6. The van der Waals surface area contributed by atoms with Crippen LogP contribution in [0.3, 0.4) is 0 Å². The molecule has 3 rings (SSSR count). The number of hydrogen-bond acceptors (Lipinski definition) is 5. The molecule has 25 heavy (non-hydrogen) atoms. The zero-order valence-electron chi connectivity index (χ0n) is 13.9. The molecule has 0 bridgehead atoms. The van der Waals surface area contributed by atoms with Gasteiger partial charge in [-0.25, -0.2) is 9.67 Å². The van der Waals surface area contributed by atoms with Crippen LogP contribution in [0, 0.1) is 0 Å². The number of benzene rings is 2. The van der Waals surface area contributed by atoms with E-state index in [-0.39, 0.29) is 5.91 Å². The molecular weight excluding hydrogens is 320 g/mol. The minimum Gasteiger partial charge on any atom is -0.497 e. The quantitative estimate of drug-likeness (QED) is 0.747. The van der Waals surface area contributed by atoms with Crippen molar-refractivity contribution in [3.05, 3.63) is 61.2 Å². The molecule has 0 fully saturated rings. The van der Waals surface area contributed by atoms with E-state index in [2.05, 4.69) is 15.4 Å². The first-order chi connectivity index (χ1) is 12.2. The molecule has 0 aliphatic rings. The Hall–Kier alpha value is -3.35. The number of aromatic nitrogens is 3. The van der Waals surface area contributed by atoms with E-state index in [1.54, 1.807) is 55.4 Å². The fourth-order valence-electron chi connectivity index (χ4n) is 2.26. The average molecular weight is 338 g/mol. The van der Waals surface area contributed by atoms with Gasteiger partial charge in [-0.15, -0.1) is 0 Å². The number of carbonyl (C=O) groups excluding carboxylic acids is 1. The van der Waals surface area contributed by atoms with Crippen LogP contribution in [0.1, 0.15) is 6.92 Å². The number of carbonyl (C=O) groups is 1. The lowest BCUT2D eigenvalue weighted by molar-refractivity contribution is -0.122. The lowest BCUT2D eigenvalue weighted by Crippen LogP contribution is -2.30. The maximum absolute atomic E-state index is 12.5. The van der Waals surface area contributed by atoms with Crippen LogP contribution in [0.5, 0.6) is 11.5 Å². The lowest BCUT2D eigenvalue weighted by Gasteiger charge is -2.16. The average Bonchev–Trinajstić information content (AvgIpc) is 3.17. The smallest absolute Gasteiger partial charge is 0.265 e. The van der Waals surface area contributed by atoms with Crippen molar-refractivity contribution in [3.63, 3.8) is 0 Å². The van der Waals surface area contributed by atoms with Gasteiger partial charge in [0.2, 0.25) is 0 Å². The van der Waals surface area contributed by atoms with Crippen LogP contribution in [0.25, 0.3) is 5.69 Å². The number of nitrogens with zero attached hydrogens (tertiary/aromatic N) is 3. The van der Waals surface area contributed by atoms with Gasteiger partial charge in [-0.3, -0.25) is 4.79 Å². The SMILES string of the molecule is COc1ccc(OC(C)C(=O)Nc2ccccc2-n2cncn2)cc1. The van der Waals surface area contributed by atoms with Gasteiger partial charge in [0, 0.05) is 0 Å². The number of anilines is 1. The Bertz CT molecular complexity index is 832. The molecule has 1 N–H and O–H groups in total. The molecule has 0 saturated heterocycles. The van der Waals surface area contributed by atoms with E-state index in [1.165, 1.54) is 6.33 Å². The fraction of sp³-hybridized carbons (Fsp3) is 0.167. The first kappa shape index (κ1) is 16.5. The Morgan fingerprint density at radius 2 is 1.84 bits per heavy atom. The maximum atomic E-state index is 12.5. The Labute approximate surface area is 145 Å². The second-order valence-corrected chi connectivity index (χ2v) is 5.28. The van der Waals surface area contributed by atoms with Crippen molar-refractivity contribution in [2.75, 3.05) is 12.4 Å². The van der Waals surface area contributed by atoms with E-state index in [1.807, 2.05) is 18.2 Å². The summed E-state index contributed by atoms with van der Waals surface area (Å²) in [4.78, 5) is 16.4. The first-order valence-electron chi connectivity index (χ1n) is 7.73. The van der Waals surface area contributed by atoms with E-state index >= 15 is 0 Å². The van der Waals surface area contributed by atoms with Gasteiger partial charge in [-0.05, 0) is 43.3 Å². The third-order valence-electron chi connectivity index (χ3n) is 3.57. The summed E-state index contributed by atoms with van der Waals surface area (Å²) in [7, 11) is 1.60. The number of hydrogen-bond donors (Lipinski definition) is 1. The lowest BCUT2D eigenvalue weighted by atomic mass is 10.2. The summed E-state index contributed by atoms with van der Waals surface area (Å²) >= 11 is 0. The molecule has 0 radical (unpaired) electrons. The number of rotatable bonds is 6. The summed E-state index contributed by atoms with van der Waals surface area (Å²) in [5, 5.41) is 6.96. The highest BCUT2D eigenvalue weighted by molar-refractivity contribution is 5.95. The molecule has 1 unspecified atom stereocenters. The maximum Gasteiger partial charge on any atom is 0.265 e. The number of ether oxygens (including phenoxy) is 2. The van der Waals surface area contributed by atoms with Crippen molar-refractivity contribution in [3.8, 4) is 17.2 Å². The fourth-order valence-corrected chi connectivity index (χ4v) is 2.26. The Morgan fingerprint density at radius 3 is 2.52 bits per heavy atom. The highest BCUT2D eigenvalue weighted by atomic mass is 16.5. The van der Waals surface area contributed by atoms with Crippen molar-refractivity contribution in [1.29, 1.82) is 0 Å². The van der Waals surface area contributed by atoms with E-state index in [0.29, 0.717) is 11.4 Å². The standard InChI is InChI=1S/C18H18N4O3/c1-13(25-15-9-7-14(24-2)8-10-15)18(23)21-16-5-3-4-6-17(16)22-12-19-11-20-22/h3-13H,1-2H3,(H,21,23). The predicted octanol–water partition coefficient (Wildman–Crippen LogP) is 2.68. The van der Waals surface area contributed by atoms with Gasteiger partial charge in [-0.2, -0.15) is 5.10 Å². The predicted molar refractivity (Wildman–Crippen MR) is 93.1 cm³/mol. The molecule has 128 valence electrons. The van der Waals surface area contributed by atoms with Crippen molar-refractivity contribution >= 4 is 11.6 Å². The zero-order valence-corrected chi connectivity index (χ0v) is 13.9. The summed E-state index contributed by atoms with van der Waals surface area (Å²) in [6, 6.07) is 14.4. The van der Waals surface area contributed by atoms with Crippen LogP contribution < -0.4 is 14.8 Å². The molecule has 1 amide bonds. The molecule has 7 nitrogen and oxygen atoms in total. The molecule has 0 spiro atoms. The summed E-state index contributed by atoms with van der Waals surface area (Å²) < 4.78 is 12.4.